The smallest absolute Gasteiger partial charge is 0.302 e. The first-order valence-electron chi connectivity index (χ1n) is 18.5. The Hall–Kier alpha value is -0.850. The molecular weight excluding hydrogens is 604 g/mol. The van der Waals surface area contributed by atoms with E-state index in [4.69, 9.17) is 28.4 Å². The maximum Gasteiger partial charge on any atom is 0.302 e. The van der Waals surface area contributed by atoms with Crippen molar-refractivity contribution in [2.45, 2.75) is 160 Å². The number of rotatable bonds is 3. The monoisotopic (exact) mass is 660 g/mol. The van der Waals surface area contributed by atoms with E-state index in [1.54, 1.807) is 6.92 Å². The van der Waals surface area contributed by atoms with E-state index in [0.29, 0.717) is 24.4 Å². The molecule has 10 heteroatoms. The summed E-state index contributed by atoms with van der Waals surface area (Å²) in [4.78, 5) is 12.9. The van der Waals surface area contributed by atoms with Gasteiger partial charge in [0.2, 0.25) is 0 Å². The Kier molecular flexibility index (Phi) is 6.50. The summed E-state index contributed by atoms with van der Waals surface area (Å²) in [7, 11) is 0. The van der Waals surface area contributed by atoms with E-state index < -0.39 is 30.4 Å². The lowest BCUT2D eigenvalue weighted by Gasteiger charge is -2.65. The summed E-state index contributed by atoms with van der Waals surface area (Å²) in [5.74, 6) is 0.642. The molecule has 0 aromatic carbocycles. The molecule has 0 bridgehead atoms. The fourth-order valence-corrected chi connectivity index (χ4v) is 14.6. The third kappa shape index (κ3) is 3.78. The van der Waals surface area contributed by atoms with Crippen molar-refractivity contribution in [2.75, 3.05) is 13.2 Å². The number of hydrogen-bond acceptors (Lipinski definition) is 10. The Bertz CT molecular complexity index is 1360. The van der Waals surface area contributed by atoms with E-state index >= 15 is 0 Å². The van der Waals surface area contributed by atoms with E-state index in [0.717, 1.165) is 51.4 Å². The maximum absolute atomic E-state index is 12.9. The summed E-state index contributed by atoms with van der Waals surface area (Å²) in [6.45, 7) is 16.1. The summed E-state index contributed by atoms with van der Waals surface area (Å²) in [6, 6.07) is 0. The summed E-state index contributed by atoms with van der Waals surface area (Å²) in [5.41, 5.74) is -0.492. The number of hydrogen-bond donors (Lipinski definition) is 3. The van der Waals surface area contributed by atoms with Crippen LogP contribution < -0.4 is 0 Å². The number of ether oxygens (including phenoxy) is 6. The predicted octanol–water partition coefficient (Wildman–Crippen LogP) is 3.71. The highest BCUT2D eigenvalue weighted by Gasteiger charge is 2.86. The van der Waals surface area contributed by atoms with Crippen molar-refractivity contribution in [3.8, 4) is 0 Å². The highest BCUT2D eigenvalue weighted by Crippen LogP contribution is 2.89. The Labute approximate surface area is 278 Å². The van der Waals surface area contributed by atoms with Crippen LogP contribution >= 0.6 is 0 Å². The van der Waals surface area contributed by atoms with Crippen LogP contribution in [0.25, 0.3) is 0 Å². The molecule has 0 aromatic heterocycles. The van der Waals surface area contributed by atoms with Crippen molar-refractivity contribution in [1.82, 2.24) is 0 Å². The minimum Gasteiger partial charge on any atom is -0.462 e. The maximum atomic E-state index is 12.9. The van der Waals surface area contributed by atoms with Crippen LogP contribution in [0.4, 0.5) is 0 Å². The zero-order chi connectivity index (χ0) is 33.3. The second-order valence-electron chi connectivity index (χ2n) is 18.9. The van der Waals surface area contributed by atoms with Gasteiger partial charge < -0.3 is 43.7 Å². The van der Waals surface area contributed by atoms with E-state index in [2.05, 4.69) is 41.5 Å². The highest BCUT2D eigenvalue weighted by molar-refractivity contribution is 5.66. The quantitative estimate of drug-likeness (QED) is 0.234. The number of carbonyl (C=O) groups is 1. The van der Waals surface area contributed by atoms with Crippen LogP contribution in [0.1, 0.15) is 99.8 Å². The molecule has 47 heavy (non-hydrogen) atoms. The molecule has 9 rings (SSSR count). The van der Waals surface area contributed by atoms with Crippen molar-refractivity contribution in [3.63, 3.8) is 0 Å². The molecule has 9 fully saturated rings. The molecule has 18 atom stereocenters. The highest BCUT2D eigenvalue weighted by atomic mass is 16.8. The lowest BCUT2D eigenvalue weighted by molar-refractivity contribution is -0.309. The summed E-state index contributed by atoms with van der Waals surface area (Å²) >= 11 is 0. The SMILES string of the molecule is CC(=O)O[C@@H]1C[C@@]23C[C@@]24CC[C@H](O[C@@H]2OC[C@@H](O)[C@H](O)[C@H]2O)C(C)(C)[C@@H]4CC[C@H]3[C@]2(C)C[C@@H]3O[C@@]4(C[C@@H](C)[C@@H]3[C@@]12C)OC[C@@]1(C)O[C@@H]41. The zero-order valence-corrected chi connectivity index (χ0v) is 29.2. The Morgan fingerprint density at radius 2 is 1.62 bits per heavy atom. The second kappa shape index (κ2) is 9.52. The molecule has 9 aliphatic rings. The number of esters is 1. The molecule has 5 saturated carbocycles. The molecule has 0 aromatic rings. The number of fused-ring (bicyclic) bond motifs is 6. The molecule has 4 aliphatic heterocycles. The number of epoxide rings is 1. The Morgan fingerprint density at radius 1 is 0.872 bits per heavy atom. The standard InChI is InChI=1S/C37H56O10/c1-18-12-37(30-33(6,47-30)17-43-37)46-21-13-32(5)23-9-8-22-31(3,4)24(45-29-28(41)27(40)20(39)15-42-29)10-11-35(22)16-36(23,35)14-25(44-19(2)38)34(32,7)26(18)21/h18,20-30,39-41H,8-17H2,1-7H3/t18-,20-,21+,22+,23+,24+,25-,26+,27+,28-,29+,30-,32+,33-,34-,35-,36+,37-/m1/s1. The fraction of sp³-hybridized carbons (Fsp3) is 0.973. The van der Waals surface area contributed by atoms with Gasteiger partial charge in [0.15, 0.2) is 12.1 Å². The molecule has 3 N–H and O–H groups in total. The molecule has 10 nitrogen and oxygen atoms in total. The van der Waals surface area contributed by atoms with Crippen molar-refractivity contribution in [2.24, 2.45) is 50.7 Å². The van der Waals surface area contributed by atoms with Gasteiger partial charge in [0, 0.05) is 18.8 Å². The van der Waals surface area contributed by atoms with Crippen LogP contribution in [-0.2, 0) is 33.2 Å². The minimum absolute atomic E-state index is 0.00697. The van der Waals surface area contributed by atoms with Gasteiger partial charge in [-0.25, -0.2) is 0 Å². The third-order valence-corrected chi connectivity index (χ3v) is 16.6. The van der Waals surface area contributed by atoms with Gasteiger partial charge in [-0.3, -0.25) is 4.79 Å². The lowest BCUT2D eigenvalue weighted by Crippen LogP contribution is -2.64. The van der Waals surface area contributed by atoms with Crippen molar-refractivity contribution >= 4 is 5.97 Å². The van der Waals surface area contributed by atoms with Crippen molar-refractivity contribution in [1.29, 1.82) is 0 Å². The summed E-state index contributed by atoms with van der Waals surface area (Å²) in [5, 5.41) is 31.0. The van der Waals surface area contributed by atoms with Crippen LogP contribution in [0.15, 0.2) is 0 Å². The first-order valence-corrected chi connectivity index (χ1v) is 18.5. The van der Waals surface area contributed by atoms with Gasteiger partial charge in [0.25, 0.3) is 0 Å². The predicted molar refractivity (Wildman–Crippen MR) is 166 cm³/mol. The average molecular weight is 661 g/mol. The van der Waals surface area contributed by atoms with Crippen LogP contribution in [0, 0.1) is 50.7 Å². The molecule has 0 unspecified atom stereocenters. The lowest BCUT2D eigenvalue weighted by atomic mass is 9.41. The second-order valence-corrected chi connectivity index (χ2v) is 18.9. The fourth-order valence-electron chi connectivity index (χ4n) is 14.6. The first kappa shape index (κ1) is 32.1. The van der Waals surface area contributed by atoms with Crippen LogP contribution in [0.2, 0.25) is 0 Å². The molecular formula is C37H56O10. The van der Waals surface area contributed by atoms with Crippen molar-refractivity contribution in [3.05, 3.63) is 0 Å². The van der Waals surface area contributed by atoms with Gasteiger partial charge in [0.1, 0.15) is 36.1 Å². The average Bonchev–Trinajstić information content (AvgIpc) is 3.81. The van der Waals surface area contributed by atoms with E-state index in [1.165, 1.54) is 0 Å². The number of aliphatic hydroxyl groups is 3. The summed E-state index contributed by atoms with van der Waals surface area (Å²) in [6.07, 6.45) is 2.89. The number of carbonyl (C=O) groups excluding carboxylic acids is 1. The largest absolute Gasteiger partial charge is 0.462 e. The Balaban J connectivity index is 1.03. The zero-order valence-electron chi connectivity index (χ0n) is 29.2. The summed E-state index contributed by atoms with van der Waals surface area (Å²) < 4.78 is 38.4. The van der Waals surface area contributed by atoms with Crippen LogP contribution in [-0.4, -0.2) is 94.9 Å². The minimum atomic E-state index is -1.29. The Morgan fingerprint density at radius 3 is 2.30 bits per heavy atom. The molecule has 5 aliphatic carbocycles. The molecule has 264 valence electrons. The van der Waals surface area contributed by atoms with E-state index in [1.807, 2.05) is 0 Å². The number of aliphatic hydroxyl groups excluding tert-OH is 3. The van der Waals surface area contributed by atoms with Gasteiger partial charge in [0.05, 0.1) is 25.4 Å². The molecule has 3 spiro atoms. The molecule has 4 heterocycles. The third-order valence-electron chi connectivity index (χ3n) is 16.6. The van der Waals surface area contributed by atoms with Gasteiger partial charge in [-0.05, 0) is 97.2 Å². The topological polar surface area (TPSA) is 136 Å². The van der Waals surface area contributed by atoms with Gasteiger partial charge in [-0.1, -0.05) is 34.6 Å². The first-order chi connectivity index (χ1) is 22.0. The molecule has 0 radical (unpaired) electrons. The normalized spacial score (nSPS) is 62.8. The van der Waals surface area contributed by atoms with Gasteiger partial charge in [-0.2, -0.15) is 0 Å². The van der Waals surface area contributed by atoms with E-state index in [9.17, 15) is 20.1 Å². The van der Waals surface area contributed by atoms with E-state index in [-0.39, 0.29) is 75.6 Å². The van der Waals surface area contributed by atoms with Crippen molar-refractivity contribution < 1.29 is 48.5 Å². The molecule has 0 amide bonds. The van der Waals surface area contributed by atoms with Crippen LogP contribution in [0.3, 0.4) is 0 Å². The van der Waals surface area contributed by atoms with Gasteiger partial charge in [-0.15, -0.1) is 0 Å². The van der Waals surface area contributed by atoms with Crippen LogP contribution in [0.5, 0.6) is 0 Å². The van der Waals surface area contributed by atoms with Gasteiger partial charge >= 0.3 is 5.97 Å². The molecule has 4 saturated heterocycles.